The van der Waals surface area contributed by atoms with E-state index in [1.807, 2.05) is 0 Å². The zero-order chi connectivity index (χ0) is 11.1. The predicted octanol–water partition coefficient (Wildman–Crippen LogP) is 1.66. The van der Waals surface area contributed by atoms with Gasteiger partial charge in [0.1, 0.15) is 0 Å². The first-order chi connectivity index (χ1) is 5.40. The van der Waals surface area contributed by atoms with Gasteiger partial charge in [0.25, 0.3) is 5.91 Å². The highest BCUT2D eigenvalue weighted by Crippen LogP contribution is 2.54. The molecule has 0 heterocycles. The molecule has 0 radical (unpaired) electrons. The number of alkyl halides is 6. The normalized spacial score (nSPS) is 17.2. The van der Waals surface area contributed by atoms with E-state index in [-0.39, 0.29) is 0 Å². The third-order valence-corrected chi connectivity index (χ3v) is 1.89. The van der Waals surface area contributed by atoms with Gasteiger partial charge in [-0.25, -0.2) is 4.39 Å². The van der Waals surface area contributed by atoms with Crippen molar-refractivity contribution in [3.8, 4) is 0 Å². The van der Waals surface area contributed by atoms with E-state index in [2.05, 4.69) is 0 Å². The Balaban J connectivity index is 4.97. The summed E-state index contributed by atoms with van der Waals surface area (Å²) in [4.78, 5) is 15.5. The molecule has 0 spiro atoms. The molecule has 0 bridgehead atoms. The summed E-state index contributed by atoms with van der Waals surface area (Å²) in [5.41, 5.74) is 0. The fourth-order valence-electron chi connectivity index (χ4n) is 0.346. The molecule has 1 atom stereocenters. The van der Waals surface area contributed by atoms with Crippen molar-refractivity contribution >= 4 is 7.60 Å². The molecule has 2 N–H and O–H groups in total. The zero-order valence-corrected chi connectivity index (χ0v) is 6.49. The van der Waals surface area contributed by atoms with E-state index in [0.717, 1.165) is 0 Å². The van der Waals surface area contributed by atoms with Crippen molar-refractivity contribution < 1.29 is 40.7 Å². The van der Waals surface area contributed by atoms with Crippen molar-refractivity contribution in [2.24, 2.45) is 0 Å². The lowest BCUT2D eigenvalue weighted by Crippen LogP contribution is -2.44. The summed E-state index contributed by atoms with van der Waals surface area (Å²) in [6, 6.07) is 0. The second kappa shape index (κ2) is 3.14. The van der Waals surface area contributed by atoms with E-state index in [1.165, 1.54) is 0 Å². The lowest BCUT2D eigenvalue weighted by Gasteiger charge is -2.23. The van der Waals surface area contributed by atoms with E-state index in [9.17, 15) is 30.9 Å². The monoisotopic (exact) mass is 232 g/mol. The van der Waals surface area contributed by atoms with Crippen molar-refractivity contribution in [1.82, 2.24) is 0 Å². The van der Waals surface area contributed by atoms with Gasteiger partial charge in [-0.3, -0.25) is 4.57 Å². The summed E-state index contributed by atoms with van der Waals surface area (Å²) in [6.45, 7) is 0. The van der Waals surface area contributed by atoms with Crippen LogP contribution in [0.5, 0.6) is 0 Å². The molecule has 0 aliphatic rings. The van der Waals surface area contributed by atoms with Gasteiger partial charge < -0.3 is 9.79 Å². The van der Waals surface area contributed by atoms with Gasteiger partial charge in [-0.2, -0.15) is 22.0 Å². The predicted molar refractivity (Wildman–Crippen MR) is 27.9 cm³/mol. The van der Waals surface area contributed by atoms with Gasteiger partial charge in [0.05, 0.1) is 0 Å². The molecule has 0 aliphatic heterocycles. The zero-order valence-electron chi connectivity index (χ0n) is 5.60. The molecule has 10 heteroatoms. The highest BCUT2D eigenvalue weighted by atomic mass is 31.2. The van der Waals surface area contributed by atoms with E-state index in [0.29, 0.717) is 0 Å². The highest BCUT2D eigenvalue weighted by Gasteiger charge is 2.68. The third kappa shape index (κ3) is 2.58. The highest BCUT2D eigenvalue weighted by molar-refractivity contribution is 7.52. The summed E-state index contributed by atoms with van der Waals surface area (Å²) in [5.74, 6) is -10.6. The minimum atomic E-state index is -6.33. The average Bonchev–Trinajstić information content (AvgIpc) is 1.81. The Morgan fingerprint density at radius 1 is 1.08 bits per heavy atom. The molecule has 0 rings (SSSR count). The van der Waals surface area contributed by atoms with Crippen LogP contribution in [0.3, 0.4) is 0 Å². The van der Waals surface area contributed by atoms with Crippen LogP contribution in [0, 0.1) is 0 Å². The van der Waals surface area contributed by atoms with Gasteiger partial charge in [0, 0.05) is 0 Å². The Morgan fingerprint density at radius 3 is 1.46 bits per heavy atom. The number of hydrogen-bond donors (Lipinski definition) is 2. The molecule has 80 valence electrons. The summed E-state index contributed by atoms with van der Waals surface area (Å²) >= 11 is 0. The molecule has 3 nitrogen and oxygen atoms in total. The Morgan fingerprint density at radius 2 is 1.38 bits per heavy atom. The maximum Gasteiger partial charge on any atom is 0.457 e. The van der Waals surface area contributed by atoms with Gasteiger partial charge in [-0.05, 0) is 0 Å². The van der Waals surface area contributed by atoms with E-state index >= 15 is 0 Å². The number of rotatable bonds is 2. The summed E-state index contributed by atoms with van der Waals surface area (Å²) in [5, 5.41) is 0. The first-order valence-electron chi connectivity index (χ1n) is 2.54. The van der Waals surface area contributed by atoms with Gasteiger partial charge in [-0.1, -0.05) is 0 Å². The molecular formula is C3H3F6O3P. The number of halogens is 6. The van der Waals surface area contributed by atoms with Gasteiger partial charge >= 0.3 is 19.7 Å². The topological polar surface area (TPSA) is 57.5 Å². The largest absolute Gasteiger partial charge is 0.457 e. The van der Waals surface area contributed by atoms with E-state index < -0.39 is 25.6 Å². The molecule has 0 amide bonds. The summed E-state index contributed by atoms with van der Waals surface area (Å²) < 4.78 is 79.2. The Bertz CT molecular complexity index is 230. The van der Waals surface area contributed by atoms with Crippen LogP contribution < -0.4 is 0 Å². The van der Waals surface area contributed by atoms with Gasteiger partial charge in [-0.15, -0.1) is 0 Å². The smallest absolute Gasteiger partial charge is 0.322 e. The van der Waals surface area contributed by atoms with E-state index in [4.69, 9.17) is 9.79 Å². The van der Waals surface area contributed by atoms with Crippen LogP contribution >= 0.6 is 7.60 Å². The third-order valence-electron chi connectivity index (χ3n) is 0.972. The average molecular weight is 232 g/mol. The molecule has 0 aromatic rings. The molecular weight excluding hydrogens is 229 g/mol. The van der Waals surface area contributed by atoms with Gasteiger partial charge in [0.15, 0.2) is 0 Å². The van der Waals surface area contributed by atoms with Crippen LogP contribution in [0.25, 0.3) is 0 Å². The van der Waals surface area contributed by atoms with Crippen LogP contribution in [-0.2, 0) is 4.57 Å². The molecule has 0 aliphatic carbocycles. The second-order valence-corrected chi connectivity index (χ2v) is 3.68. The first-order valence-corrected chi connectivity index (χ1v) is 4.22. The van der Waals surface area contributed by atoms with Crippen LogP contribution in [0.15, 0.2) is 0 Å². The SMILES string of the molecule is O=P(O)(O)C(F)C(F)(F)C(F)(F)F. The molecule has 0 aromatic heterocycles. The maximum absolute atomic E-state index is 12.0. The fourth-order valence-corrected chi connectivity index (χ4v) is 0.915. The Hall–Kier alpha value is -0.270. The first kappa shape index (κ1) is 12.7. The van der Waals surface area contributed by atoms with Crippen LogP contribution in [0.2, 0.25) is 0 Å². The van der Waals surface area contributed by atoms with Crippen LogP contribution in [0.4, 0.5) is 26.3 Å². The fraction of sp³-hybridized carbons (Fsp3) is 1.00. The van der Waals surface area contributed by atoms with Crippen LogP contribution in [-0.4, -0.2) is 27.8 Å². The lowest BCUT2D eigenvalue weighted by atomic mass is 10.4. The van der Waals surface area contributed by atoms with Crippen molar-refractivity contribution in [2.75, 3.05) is 0 Å². The second-order valence-electron chi connectivity index (χ2n) is 2.05. The lowest BCUT2D eigenvalue weighted by molar-refractivity contribution is -0.294. The minimum absolute atomic E-state index is 4.57. The number of hydrogen-bond acceptors (Lipinski definition) is 1. The standard InChI is InChI=1S/C3H3F6O3P/c4-1(13(10,11)12)2(5,6)3(7,8)9/h1H,(H2,10,11,12). The Kier molecular flexibility index (Phi) is 3.08. The summed E-state index contributed by atoms with van der Waals surface area (Å²) in [6.07, 6.45) is -6.33. The molecule has 13 heavy (non-hydrogen) atoms. The Labute approximate surface area is 67.5 Å². The maximum atomic E-state index is 12.0. The molecule has 0 saturated carbocycles. The summed E-state index contributed by atoms with van der Waals surface area (Å²) in [7, 11) is -6.11. The molecule has 0 saturated heterocycles. The van der Waals surface area contributed by atoms with E-state index in [1.54, 1.807) is 0 Å². The quantitative estimate of drug-likeness (QED) is 0.562. The van der Waals surface area contributed by atoms with Crippen LogP contribution in [0.1, 0.15) is 0 Å². The van der Waals surface area contributed by atoms with Gasteiger partial charge in [0.2, 0.25) is 0 Å². The molecule has 0 aromatic carbocycles. The van der Waals surface area contributed by atoms with Crippen molar-refractivity contribution in [3.63, 3.8) is 0 Å². The van der Waals surface area contributed by atoms with Crippen molar-refractivity contribution in [3.05, 3.63) is 0 Å². The van der Waals surface area contributed by atoms with Crippen molar-refractivity contribution in [2.45, 2.75) is 18.0 Å². The molecule has 0 fully saturated rings. The van der Waals surface area contributed by atoms with Crippen molar-refractivity contribution in [1.29, 1.82) is 0 Å². The minimum Gasteiger partial charge on any atom is -0.322 e. The molecule has 1 unspecified atom stereocenters.